The van der Waals surface area contributed by atoms with Gasteiger partial charge in [0, 0.05) is 33.5 Å². The molecule has 0 atom stereocenters. The monoisotopic (exact) mass is 695 g/mol. The van der Waals surface area contributed by atoms with E-state index in [0.29, 0.717) is 22.5 Å². The Balaban J connectivity index is 1.32. The fraction of sp³-hybridized carbons (Fsp3) is 0. The molecule has 0 unspecified atom stereocenters. The summed E-state index contributed by atoms with van der Waals surface area (Å²) in [5.41, 5.74) is 5.49. The lowest BCUT2D eigenvalue weighted by Gasteiger charge is -2.25. The van der Waals surface area contributed by atoms with Gasteiger partial charge < -0.3 is 9.47 Å². The number of aromatic nitrogens is 1. The molecule has 0 fully saturated rings. The standard InChI is InChI=1S/C52H36N2/c1-4-18-42(19-5-1)53(43-20-6-2-7-21-43)45-32-30-37(31-33-45)39-34-40(47-26-14-17-38-16-10-11-24-46(38)47)36-41(35-39)48-27-15-29-51-52(48)49-25-12-13-28-50(49)54(51)44-22-8-3-9-23-44/h1-36H/i30D,31D,32D,33D,34D,35D,36D. The number of nitrogens with zero attached hydrogens (tertiary/aromatic N) is 2. The van der Waals surface area contributed by atoms with E-state index in [-0.39, 0.29) is 70.2 Å². The quantitative estimate of drug-likeness (QED) is 0.161. The molecular formula is C52H36N2. The molecule has 1 heterocycles. The molecule has 0 N–H and O–H groups in total. The Kier molecular flexibility index (Phi) is 6.20. The number of fused-ring (bicyclic) bond motifs is 4. The number of hydrogen-bond acceptors (Lipinski definition) is 1. The number of para-hydroxylation sites is 4. The lowest BCUT2D eigenvalue weighted by atomic mass is 9.90. The van der Waals surface area contributed by atoms with Crippen LogP contribution in [0.3, 0.4) is 0 Å². The second kappa shape index (κ2) is 13.4. The van der Waals surface area contributed by atoms with Crippen molar-refractivity contribution in [3.63, 3.8) is 0 Å². The number of rotatable bonds is 7. The Morgan fingerprint density at radius 3 is 1.61 bits per heavy atom. The summed E-state index contributed by atoms with van der Waals surface area (Å²) in [6, 6.07) is 54.0. The maximum atomic E-state index is 10.1. The molecule has 1 aromatic heterocycles. The molecule has 0 saturated carbocycles. The highest BCUT2D eigenvalue weighted by Crippen LogP contribution is 2.42. The Labute approximate surface area is 325 Å². The third-order valence-electron chi connectivity index (χ3n) is 9.90. The molecule has 9 aromatic carbocycles. The van der Waals surface area contributed by atoms with E-state index in [1.165, 1.54) is 0 Å². The zero-order valence-corrected chi connectivity index (χ0v) is 29.1. The van der Waals surface area contributed by atoms with Gasteiger partial charge in [-0.25, -0.2) is 0 Å². The second-order valence-corrected chi connectivity index (χ2v) is 13.1. The maximum absolute atomic E-state index is 10.1. The summed E-state index contributed by atoms with van der Waals surface area (Å²) < 4.78 is 70.7. The summed E-state index contributed by atoms with van der Waals surface area (Å²) in [5.74, 6) is 0. The summed E-state index contributed by atoms with van der Waals surface area (Å²) in [6.45, 7) is 0. The minimum atomic E-state index is -0.388. The summed E-state index contributed by atoms with van der Waals surface area (Å²) in [7, 11) is 0. The van der Waals surface area contributed by atoms with Crippen LogP contribution in [0.4, 0.5) is 17.1 Å². The van der Waals surface area contributed by atoms with Crippen molar-refractivity contribution in [1.82, 2.24) is 4.57 Å². The van der Waals surface area contributed by atoms with E-state index in [9.17, 15) is 9.60 Å². The van der Waals surface area contributed by atoms with Crippen LogP contribution in [0.15, 0.2) is 218 Å². The number of hydrogen-bond donors (Lipinski definition) is 0. The van der Waals surface area contributed by atoms with E-state index in [1.54, 1.807) is 4.90 Å². The highest BCUT2D eigenvalue weighted by atomic mass is 15.1. The molecule has 0 radical (unpaired) electrons. The second-order valence-electron chi connectivity index (χ2n) is 13.1. The van der Waals surface area contributed by atoms with E-state index in [2.05, 4.69) is 10.6 Å². The van der Waals surface area contributed by atoms with Crippen molar-refractivity contribution >= 4 is 49.6 Å². The topological polar surface area (TPSA) is 8.17 Å². The Bertz CT molecular complexity index is 3260. The average molecular weight is 696 g/mol. The largest absolute Gasteiger partial charge is 0.311 e. The number of benzene rings is 9. The van der Waals surface area contributed by atoms with Gasteiger partial charge in [0.05, 0.1) is 20.6 Å². The Morgan fingerprint density at radius 1 is 0.370 bits per heavy atom. The molecular weight excluding hydrogens is 653 g/mol. The van der Waals surface area contributed by atoms with Crippen LogP contribution in [-0.2, 0) is 0 Å². The normalized spacial score (nSPS) is 13.1. The summed E-state index contributed by atoms with van der Waals surface area (Å²) in [4.78, 5) is 1.71. The van der Waals surface area contributed by atoms with Crippen molar-refractivity contribution in [3.8, 4) is 39.1 Å². The van der Waals surface area contributed by atoms with Gasteiger partial charge in [-0.2, -0.15) is 0 Å². The average Bonchev–Trinajstić information content (AvgIpc) is 3.64. The highest BCUT2D eigenvalue weighted by molar-refractivity contribution is 6.16. The molecule has 10 aromatic rings. The van der Waals surface area contributed by atoms with E-state index in [4.69, 9.17) is 0 Å². The Morgan fingerprint density at radius 2 is 0.889 bits per heavy atom. The third kappa shape index (κ3) is 5.53. The van der Waals surface area contributed by atoms with Gasteiger partial charge >= 0.3 is 0 Å². The zero-order valence-electron chi connectivity index (χ0n) is 36.1. The predicted molar refractivity (Wildman–Crippen MR) is 229 cm³/mol. The van der Waals surface area contributed by atoms with E-state index in [1.807, 2.05) is 170 Å². The van der Waals surface area contributed by atoms with Crippen LogP contribution in [-0.4, -0.2) is 4.57 Å². The van der Waals surface area contributed by atoms with Crippen molar-refractivity contribution in [3.05, 3.63) is 218 Å². The van der Waals surface area contributed by atoms with Crippen molar-refractivity contribution in [2.24, 2.45) is 0 Å². The molecule has 0 saturated heterocycles. The summed E-state index contributed by atoms with van der Waals surface area (Å²) in [6.07, 6.45) is 0. The zero-order chi connectivity index (χ0) is 41.9. The molecule has 2 heteroatoms. The summed E-state index contributed by atoms with van der Waals surface area (Å²) >= 11 is 0. The van der Waals surface area contributed by atoms with Gasteiger partial charge in [-0.1, -0.05) is 139 Å². The SMILES string of the molecule is [2H]c1c([2H])c(N(c2ccccc2)c2ccccc2)c([2H])c([2H])c1-c1c([2H])c(-c2cccc3ccccc23)c([2H])c(-c2cccc3c2c2ccccc2n3-c2ccccc2)c1[2H]. The molecule has 0 amide bonds. The minimum absolute atomic E-state index is 0.0367. The van der Waals surface area contributed by atoms with Gasteiger partial charge in [-0.05, 0) is 123 Å². The van der Waals surface area contributed by atoms with E-state index < -0.39 is 0 Å². The third-order valence-corrected chi connectivity index (χ3v) is 9.90. The van der Waals surface area contributed by atoms with Gasteiger partial charge in [-0.3, -0.25) is 0 Å². The van der Waals surface area contributed by atoms with Crippen LogP contribution in [0, 0.1) is 0 Å². The van der Waals surface area contributed by atoms with Crippen molar-refractivity contribution in [2.75, 3.05) is 4.90 Å². The highest BCUT2D eigenvalue weighted by Gasteiger charge is 2.18. The van der Waals surface area contributed by atoms with Crippen LogP contribution >= 0.6 is 0 Å². The Hall–Kier alpha value is -7.16. The first-order chi connectivity index (χ1) is 29.8. The fourth-order valence-electron chi connectivity index (χ4n) is 7.49. The fourth-order valence-corrected chi connectivity index (χ4v) is 7.49. The molecule has 0 aliphatic carbocycles. The number of anilines is 3. The lowest BCUT2D eigenvalue weighted by Crippen LogP contribution is -2.09. The van der Waals surface area contributed by atoms with Crippen LogP contribution < -0.4 is 4.90 Å². The van der Waals surface area contributed by atoms with Crippen LogP contribution in [0.1, 0.15) is 9.60 Å². The first-order valence-electron chi connectivity index (χ1n) is 21.5. The van der Waals surface area contributed by atoms with Crippen molar-refractivity contribution < 1.29 is 9.60 Å². The van der Waals surface area contributed by atoms with Gasteiger partial charge in [0.15, 0.2) is 0 Å². The molecule has 2 nitrogen and oxygen atoms in total. The predicted octanol–water partition coefficient (Wildman–Crippen LogP) is 14.4. The molecule has 0 aliphatic rings. The van der Waals surface area contributed by atoms with Crippen molar-refractivity contribution in [1.29, 1.82) is 0 Å². The molecule has 54 heavy (non-hydrogen) atoms. The molecule has 254 valence electrons. The van der Waals surface area contributed by atoms with Crippen molar-refractivity contribution in [2.45, 2.75) is 0 Å². The van der Waals surface area contributed by atoms with Gasteiger partial charge in [0.1, 0.15) is 0 Å². The van der Waals surface area contributed by atoms with E-state index in [0.717, 1.165) is 38.3 Å². The molecule has 0 bridgehead atoms. The van der Waals surface area contributed by atoms with Gasteiger partial charge in [0.2, 0.25) is 0 Å². The minimum Gasteiger partial charge on any atom is -0.311 e. The first-order valence-corrected chi connectivity index (χ1v) is 18.0. The van der Waals surface area contributed by atoms with E-state index >= 15 is 0 Å². The lowest BCUT2D eigenvalue weighted by molar-refractivity contribution is 1.18. The molecule has 0 spiro atoms. The van der Waals surface area contributed by atoms with Crippen LogP contribution in [0.25, 0.3) is 71.6 Å². The van der Waals surface area contributed by atoms with Crippen LogP contribution in [0.5, 0.6) is 0 Å². The smallest absolute Gasteiger partial charge is 0.0645 e. The molecule has 0 aliphatic heterocycles. The maximum Gasteiger partial charge on any atom is 0.0645 e. The van der Waals surface area contributed by atoms with Gasteiger partial charge in [-0.15, -0.1) is 0 Å². The first kappa shape index (κ1) is 24.9. The van der Waals surface area contributed by atoms with Crippen LogP contribution in [0.2, 0.25) is 0 Å². The summed E-state index contributed by atoms with van der Waals surface area (Å²) in [5, 5.41) is 3.43. The molecule has 10 rings (SSSR count). The van der Waals surface area contributed by atoms with Gasteiger partial charge in [0.25, 0.3) is 0 Å².